The molecule has 0 aliphatic carbocycles. The number of hydrogen-bond donors (Lipinski definition) is 1. The van der Waals surface area contributed by atoms with Crippen molar-refractivity contribution < 1.29 is 22.7 Å². The second-order valence-electron chi connectivity index (χ2n) is 6.21. The van der Waals surface area contributed by atoms with Crippen LogP contribution in [0, 0.1) is 0 Å². The number of nitrogens with one attached hydrogen (secondary N) is 1. The lowest BCUT2D eigenvalue weighted by Gasteiger charge is -2.18. The Balaban J connectivity index is 1.74. The smallest absolute Gasteiger partial charge is 0.243 e. The summed E-state index contributed by atoms with van der Waals surface area (Å²) in [5.41, 5.74) is 0.229. The van der Waals surface area contributed by atoms with Crippen LogP contribution in [0.5, 0.6) is 11.5 Å². The maximum atomic E-state index is 12.8. The summed E-state index contributed by atoms with van der Waals surface area (Å²) in [4.78, 5) is 12.3. The molecule has 2 aromatic rings. The van der Waals surface area contributed by atoms with Gasteiger partial charge in [0.05, 0.1) is 45.4 Å². The zero-order valence-electron chi connectivity index (χ0n) is 15.2. The molecule has 0 saturated carbocycles. The van der Waals surface area contributed by atoms with Crippen molar-refractivity contribution in [2.24, 2.45) is 0 Å². The molecule has 3 rings (SSSR count). The third kappa shape index (κ3) is 5.07. The summed E-state index contributed by atoms with van der Waals surface area (Å²) in [6.45, 7) is 0.489. The Morgan fingerprint density at radius 1 is 1.03 bits per heavy atom. The van der Waals surface area contributed by atoms with E-state index >= 15 is 0 Å². The number of hydrogen-bond acceptors (Lipinski definition) is 5. The van der Waals surface area contributed by atoms with Gasteiger partial charge in [0.2, 0.25) is 15.9 Å². The van der Waals surface area contributed by atoms with Gasteiger partial charge in [-0.25, -0.2) is 8.42 Å². The van der Waals surface area contributed by atoms with E-state index < -0.39 is 22.5 Å². The normalized spacial score (nSPS) is 13.8. The first kappa shape index (κ1) is 22.0. The molecule has 0 radical (unpaired) electrons. The molecular weight excluding hydrogens is 463 g/mol. The number of amides is 1. The van der Waals surface area contributed by atoms with E-state index in [1.165, 1.54) is 37.4 Å². The lowest BCUT2D eigenvalue weighted by Crippen LogP contribution is -2.35. The van der Waals surface area contributed by atoms with E-state index in [1.807, 2.05) is 0 Å². The summed E-state index contributed by atoms with van der Waals surface area (Å²) in [6.07, 6.45) is 0.702. The zero-order valence-corrected chi connectivity index (χ0v) is 18.3. The van der Waals surface area contributed by atoms with Crippen molar-refractivity contribution in [3.8, 4) is 11.5 Å². The maximum Gasteiger partial charge on any atom is 0.243 e. The minimum atomic E-state index is -3.94. The highest BCUT2D eigenvalue weighted by atomic mass is 35.5. The molecule has 1 aliphatic rings. The molecule has 29 heavy (non-hydrogen) atoms. The fraction of sp³-hybridized carbons (Fsp3) is 0.278. The molecule has 0 spiro atoms. The quantitative estimate of drug-likeness (QED) is 0.654. The van der Waals surface area contributed by atoms with Gasteiger partial charge in [0.15, 0.2) is 11.5 Å². The van der Waals surface area contributed by atoms with E-state index in [2.05, 4.69) is 5.32 Å². The van der Waals surface area contributed by atoms with Gasteiger partial charge in [0.1, 0.15) is 0 Å². The summed E-state index contributed by atoms with van der Waals surface area (Å²) in [7, 11) is -2.64. The van der Waals surface area contributed by atoms with Gasteiger partial charge in [-0.3, -0.25) is 4.79 Å². The number of likely N-dealkylation sites (N-methyl/N-ethyl adjacent to an activating group) is 1. The third-order valence-corrected chi connectivity index (χ3v) is 6.91. The Hall–Kier alpha value is -1.71. The van der Waals surface area contributed by atoms with Crippen LogP contribution in [0.3, 0.4) is 0 Å². The average Bonchev–Trinajstić information content (AvgIpc) is 2.90. The average molecular weight is 480 g/mol. The molecule has 0 atom stereocenters. The number of ether oxygens (including phenoxy) is 2. The first-order chi connectivity index (χ1) is 13.7. The predicted octanol–water partition coefficient (Wildman–Crippen LogP) is 4.07. The Labute approximate surface area is 183 Å². The molecule has 1 N–H and O–H groups in total. The van der Waals surface area contributed by atoms with Gasteiger partial charge in [-0.15, -0.1) is 0 Å². The van der Waals surface area contributed by atoms with Crippen LogP contribution in [0.25, 0.3) is 0 Å². The van der Waals surface area contributed by atoms with E-state index in [4.69, 9.17) is 44.3 Å². The van der Waals surface area contributed by atoms with Crippen molar-refractivity contribution in [3.63, 3.8) is 0 Å². The number of sulfonamides is 1. The van der Waals surface area contributed by atoms with Crippen molar-refractivity contribution >= 4 is 56.4 Å². The number of rotatable bonds is 5. The van der Waals surface area contributed by atoms with Crippen LogP contribution in [0.1, 0.15) is 6.42 Å². The molecule has 0 saturated heterocycles. The number of nitrogens with zero attached hydrogens (tertiary/aromatic N) is 1. The monoisotopic (exact) mass is 478 g/mol. The van der Waals surface area contributed by atoms with Crippen molar-refractivity contribution in [1.82, 2.24) is 4.31 Å². The van der Waals surface area contributed by atoms with Gasteiger partial charge in [-0.2, -0.15) is 4.31 Å². The lowest BCUT2D eigenvalue weighted by atomic mass is 10.3. The predicted molar refractivity (Wildman–Crippen MR) is 112 cm³/mol. The molecule has 7 nitrogen and oxygen atoms in total. The second kappa shape index (κ2) is 8.97. The van der Waals surface area contributed by atoms with Crippen molar-refractivity contribution in [3.05, 3.63) is 45.4 Å². The second-order valence-corrected chi connectivity index (χ2v) is 9.48. The van der Waals surface area contributed by atoms with Crippen LogP contribution in [0.15, 0.2) is 35.2 Å². The largest absolute Gasteiger partial charge is 0.490 e. The summed E-state index contributed by atoms with van der Waals surface area (Å²) in [6, 6.07) is 7.12. The van der Waals surface area contributed by atoms with Crippen LogP contribution in [-0.2, 0) is 14.8 Å². The van der Waals surface area contributed by atoms with E-state index in [1.54, 1.807) is 0 Å². The molecule has 1 aliphatic heterocycles. The van der Waals surface area contributed by atoms with E-state index in [-0.39, 0.29) is 25.7 Å². The van der Waals surface area contributed by atoms with Crippen molar-refractivity contribution in [2.45, 2.75) is 11.3 Å². The number of benzene rings is 2. The molecule has 1 heterocycles. The minimum absolute atomic E-state index is 0.00961. The van der Waals surface area contributed by atoms with E-state index in [0.29, 0.717) is 31.1 Å². The lowest BCUT2D eigenvalue weighted by molar-refractivity contribution is -0.116. The molecule has 2 aromatic carbocycles. The number of carbonyl (C=O) groups excluding carboxylic acids is 1. The molecule has 0 fully saturated rings. The number of anilines is 1. The van der Waals surface area contributed by atoms with Gasteiger partial charge in [-0.1, -0.05) is 34.8 Å². The fourth-order valence-electron chi connectivity index (χ4n) is 2.58. The van der Waals surface area contributed by atoms with Crippen LogP contribution in [0.2, 0.25) is 15.1 Å². The first-order valence-electron chi connectivity index (χ1n) is 8.49. The minimum Gasteiger partial charge on any atom is -0.490 e. The van der Waals surface area contributed by atoms with Crippen molar-refractivity contribution in [1.29, 1.82) is 0 Å². The van der Waals surface area contributed by atoms with Gasteiger partial charge in [0.25, 0.3) is 0 Å². The molecule has 0 unspecified atom stereocenters. The van der Waals surface area contributed by atoms with E-state index in [0.717, 1.165) is 4.31 Å². The highest BCUT2D eigenvalue weighted by Gasteiger charge is 2.25. The molecule has 0 bridgehead atoms. The molecule has 11 heteroatoms. The summed E-state index contributed by atoms with van der Waals surface area (Å²) in [5.74, 6) is 0.242. The van der Waals surface area contributed by atoms with Gasteiger partial charge in [-0.05, 0) is 24.3 Å². The van der Waals surface area contributed by atoms with Crippen molar-refractivity contribution in [2.75, 3.05) is 32.1 Å². The number of fused-ring (bicyclic) bond motifs is 1. The SMILES string of the molecule is CN(CC(=O)Nc1cc(Cl)c(Cl)cc1Cl)S(=O)(=O)c1ccc2c(c1)OCCCO2. The molecule has 0 aromatic heterocycles. The fourth-order valence-corrected chi connectivity index (χ4v) is 4.32. The third-order valence-electron chi connectivity index (χ3n) is 4.08. The van der Waals surface area contributed by atoms with E-state index in [9.17, 15) is 13.2 Å². The molecule has 156 valence electrons. The summed E-state index contributed by atoms with van der Waals surface area (Å²) < 4.78 is 37.6. The Morgan fingerprint density at radius 2 is 1.69 bits per heavy atom. The number of halogens is 3. The standard InChI is InChI=1S/C18H17Cl3N2O5S/c1-23(10-18(24)22-15-9-13(20)12(19)8-14(15)21)29(25,26)11-3-4-16-17(7-11)28-6-2-5-27-16/h3-4,7-9H,2,5-6,10H2,1H3,(H,22,24). The Morgan fingerprint density at radius 3 is 2.41 bits per heavy atom. The van der Waals surface area contributed by atoms with Gasteiger partial charge < -0.3 is 14.8 Å². The molecule has 1 amide bonds. The van der Waals surface area contributed by atoms with Crippen LogP contribution in [0.4, 0.5) is 5.69 Å². The maximum absolute atomic E-state index is 12.8. The molecular formula is C18H17Cl3N2O5S. The van der Waals surface area contributed by atoms with Gasteiger partial charge in [0, 0.05) is 19.5 Å². The first-order valence-corrected chi connectivity index (χ1v) is 11.1. The summed E-state index contributed by atoms with van der Waals surface area (Å²) >= 11 is 17.8. The van der Waals surface area contributed by atoms with Crippen LogP contribution in [-0.4, -0.2) is 45.4 Å². The highest BCUT2D eigenvalue weighted by Crippen LogP contribution is 2.33. The van der Waals surface area contributed by atoms with Crippen LogP contribution < -0.4 is 14.8 Å². The number of carbonyl (C=O) groups is 1. The topological polar surface area (TPSA) is 84.9 Å². The Bertz CT molecular complexity index is 1050. The highest BCUT2D eigenvalue weighted by molar-refractivity contribution is 7.89. The summed E-state index contributed by atoms with van der Waals surface area (Å²) in [5, 5.41) is 3.16. The van der Waals surface area contributed by atoms with Gasteiger partial charge >= 0.3 is 0 Å². The zero-order chi connectivity index (χ0) is 21.2. The van der Waals surface area contributed by atoms with Crippen LogP contribution >= 0.6 is 34.8 Å². The Kier molecular flexibility index (Phi) is 6.80.